The number of halogens is 2. The molecule has 2 N–H and O–H groups in total. The number of aldehydes is 1. The van der Waals surface area contributed by atoms with E-state index in [9.17, 15) is 4.79 Å². The number of benzene rings is 2. The van der Waals surface area contributed by atoms with E-state index in [0.29, 0.717) is 21.4 Å². The maximum absolute atomic E-state index is 11.1. The van der Waals surface area contributed by atoms with Gasteiger partial charge in [-0.3, -0.25) is 10.8 Å². The number of rotatable bonds is 3. The lowest BCUT2D eigenvalue weighted by atomic mass is 9.93. The van der Waals surface area contributed by atoms with Crippen molar-refractivity contribution in [3.63, 3.8) is 0 Å². The minimum Gasteiger partial charge on any atom is -0.326 e. The molecule has 5 nitrogen and oxygen atoms in total. The van der Waals surface area contributed by atoms with Gasteiger partial charge in [0.1, 0.15) is 11.2 Å². The lowest BCUT2D eigenvalue weighted by Gasteiger charge is -2.35. The van der Waals surface area contributed by atoms with E-state index >= 15 is 0 Å². The van der Waals surface area contributed by atoms with Crippen molar-refractivity contribution in [3.05, 3.63) is 63.1 Å². The zero-order valence-corrected chi connectivity index (χ0v) is 19.0. The third-order valence-electron chi connectivity index (χ3n) is 5.35. The Bertz CT molecular complexity index is 1050. The molecule has 1 unspecified atom stereocenters. The van der Waals surface area contributed by atoms with E-state index in [2.05, 4.69) is 36.5 Å². The first-order valence-electron chi connectivity index (χ1n) is 9.72. The number of nitrogens with one attached hydrogen (secondary N) is 2. The molecule has 2 aliphatic rings. The molecule has 0 saturated carbocycles. The molecule has 0 bridgehead atoms. The molecule has 2 heterocycles. The molecule has 0 saturated heterocycles. The number of nitrogens with zero attached hydrogens (tertiary/aromatic N) is 2. The SMILES string of the molecule is CC1(C)SC(C=O)NN=C1c1ccc2c(c1)CCCN2C(=N)c1ccc(Cl)cc1Cl. The van der Waals surface area contributed by atoms with Crippen LogP contribution in [0.1, 0.15) is 37.0 Å². The van der Waals surface area contributed by atoms with Crippen LogP contribution in [0.2, 0.25) is 10.0 Å². The van der Waals surface area contributed by atoms with Gasteiger partial charge >= 0.3 is 0 Å². The van der Waals surface area contributed by atoms with Crippen LogP contribution in [-0.2, 0) is 11.2 Å². The van der Waals surface area contributed by atoms with Gasteiger partial charge in [0, 0.05) is 22.8 Å². The molecule has 0 amide bonds. The first kappa shape index (κ1) is 21.2. The first-order chi connectivity index (χ1) is 14.3. The normalized spacial score (nSPS) is 20.1. The van der Waals surface area contributed by atoms with Crippen LogP contribution in [-0.4, -0.2) is 34.5 Å². The molecule has 0 aromatic heterocycles. The molecule has 2 aromatic carbocycles. The zero-order chi connectivity index (χ0) is 21.5. The second kappa shape index (κ2) is 8.25. The maximum atomic E-state index is 11.1. The Morgan fingerprint density at radius 1 is 1.30 bits per heavy atom. The van der Waals surface area contributed by atoms with Crippen LogP contribution in [0.25, 0.3) is 0 Å². The highest BCUT2D eigenvalue weighted by atomic mass is 35.5. The van der Waals surface area contributed by atoms with Gasteiger partial charge in [-0.2, -0.15) is 5.10 Å². The highest BCUT2D eigenvalue weighted by molar-refractivity contribution is 8.02. The Morgan fingerprint density at radius 3 is 2.80 bits per heavy atom. The Morgan fingerprint density at radius 2 is 2.10 bits per heavy atom. The second-order valence-electron chi connectivity index (χ2n) is 7.85. The lowest BCUT2D eigenvalue weighted by molar-refractivity contribution is -0.107. The Balaban J connectivity index is 1.67. The summed E-state index contributed by atoms with van der Waals surface area (Å²) in [5.74, 6) is 0.367. The summed E-state index contributed by atoms with van der Waals surface area (Å²) in [6.45, 7) is 4.92. The van der Waals surface area contributed by atoms with E-state index in [4.69, 9.17) is 28.6 Å². The predicted molar refractivity (Wildman–Crippen MR) is 127 cm³/mol. The zero-order valence-electron chi connectivity index (χ0n) is 16.7. The minimum atomic E-state index is -0.332. The van der Waals surface area contributed by atoms with Crippen molar-refractivity contribution in [1.82, 2.24) is 5.43 Å². The molecule has 0 aliphatic carbocycles. The molecule has 2 aliphatic heterocycles. The fraction of sp³-hybridized carbons (Fsp3) is 0.318. The summed E-state index contributed by atoms with van der Waals surface area (Å²) in [5.41, 5.74) is 7.73. The third-order valence-corrected chi connectivity index (χ3v) is 7.15. The van der Waals surface area contributed by atoms with E-state index in [0.717, 1.165) is 42.6 Å². The molecule has 30 heavy (non-hydrogen) atoms. The van der Waals surface area contributed by atoms with Crippen LogP contribution in [0, 0.1) is 5.41 Å². The van der Waals surface area contributed by atoms with Crippen molar-refractivity contribution in [3.8, 4) is 0 Å². The van der Waals surface area contributed by atoms with Crippen LogP contribution in [0.5, 0.6) is 0 Å². The largest absolute Gasteiger partial charge is 0.326 e. The summed E-state index contributed by atoms with van der Waals surface area (Å²) < 4.78 is -0.289. The van der Waals surface area contributed by atoms with Crippen molar-refractivity contribution in [1.29, 1.82) is 5.41 Å². The summed E-state index contributed by atoms with van der Waals surface area (Å²) in [4.78, 5) is 13.1. The molecule has 0 radical (unpaired) electrons. The van der Waals surface area contributed by atoms with E-state index in [1.807, 2.05) is 11.0 Å². The van der Waals surface area contributed by atoms with Crippen LogP contribution >= 0.6 is 35.0 Å². The Labute approximate surface area is 190 Å². The van der Waals surface area contributed by atoms with Gasteiger partial charge in [-0.05, 0) is 68.1 Å². The third kappa shape index (κ3) is 3.96. The molecule has 4 rings (SSSR count). The number of hydrogen-bond acceptors (Lipinski definition) is 5. The number of hydrogen-bond donors (Lipinski definition) is 2. The maximum Gasteiger partial charge on any atom is 0.154 e. The van der Waals surface area contributed by atoms with Crippen molar-refractivity contribution >= 4 is 58.5 Å². The monoisotopic (exact) mass is 460 g/mol. The van der Waals surface area contributed by atoms with Gasteiger partial charge < -0.3 is 9.69 Å². The van der Waals surface area contributed by atoms with Crippen molar-refractivity contribution in [2.24, 2.45) is 5.10 Å². The molecular weight excluding hydrogens is 439 g/mol. The molecule has 156 valence electrons. The summed E-state index contributed by atoms with van der Waals surface area (Å²) in [6.07, 6.45) is 2.76. The number of carbonyl (C=O) groups is 1. The fourth-order valence-corrected chi connectivity index (χ4v) is 5.51. The van der Waals surface area contributed by atoms with Gasteiger partial charge in [-0.1, -0.05) is 29.3 Å². The van der Waals surface area contributed by atoms with Gasteiger partial charge in [-0.25, -0.2) is 0 Å². The van der Waals surface area contributed by atoms with E-state index in [-0.39, 0.29) is 10.1 Å². The number of thioether (sulfide) groups is 1. The highest BCUT2D eigenvalue weighted by Crippen LogP contribution is 2.37. The Kier molecular flexibility index (Phi) is 5.84. The smallest absolute Gasteiger partial charge is 0.154 e. The molecule has 1 atom stereocenters. The van der Waals surface area contributed by atoms with Crippen molar-refractivity contribution < 1.29 is 4.79 Å². The average molecular weight is 461 g/mol. The van der Waals surface area contributed by atoms with Gasteiger partial charge in [0.05, 0.1) is 15.5 Å². The number of carbonyl (C=O) groups excluding carboxylic acids is 1. The van der Waals surface area contributed by atoms with Crippen molar-refractivity contribution in [2.45, 2.75) is 36.8 Å². The molecular formula is C22H22Cl2N4OS. The van der Waals surface area contributed by atoms with Gasteiger partial charge in [-0.15, -0.1) is 11.8 Å². The van der Waals surface area contributed by atoms with E-state index in [1.54, 1.807) is 30.0 Å². The minimum absolute atomic E-state index is 0.289. The topological polar surface area (TPSA) is 68.6 Å². The van der Waals surface area contributed by atoms with E-state index < -0.39 is 0 Å². The van der Waals surface area contributed by atoms with Crippen LogP contribution < -0.4 is 10.3 Å². The number of anilines is 1. The van der Waals surface area contributed by atoms with Gasteiger partial charge in [0.25, 0.3) is 0 Å². The van der Waals surface area contributed by atoms with Crippen LogP contribution in [0.15, 0.2) is 41.5 Å². The summed E-state index contributed by atoms with van der Waals surface area (Å²) in [6, 6.07) is 11.5. The van der Waals surface area contributed by atoms with Crippen LogP contribution in [0.3, 0.4) is 0 Å². The summed E-state index contributed by atoms with van der Waals surface area (Å²) >= 11 is 13.9. The molecule has 0 fully saturated rings. The molecule has 8 heteroatoms. The Hall–Kier alpha value is -2.02. The first-order valence-corrected chi connectivity index (χ1v) is 11.4. The fourth-order valence-electron chi connectivity index (χ4n) is 3.94. The quantitative estimate of drug-likeness (QED) is 0.379. The molecule has 0 spiro atoms. The summed E-state index contributed by atoms with van der Waals surface area (Å²) in [5, 5.41) is 14.0. The molecule has 2 aromatic rings. The lowest BCUT2D eigenvalue weighted by Crippen LogP contribution is -2.42. The van der Waals surface area contributed by atoms with Crippen LogP contribution in [0.4, 0.5) is 5.69 Å². The van der Waals surface area contributed by atoms with Gasteiger partial charge in [0.2, 0.25) is 0 Å². The summed E-state index contributed by atoms with van der Waals surface area (Å²) in [7, 11) is 0. The standard InChI is InChI=1S/C22H22Cl2N4OS/c1-22(2)20(27-26-19(12-29)30-22)14-5-8-18-13(10-14)4-3-9-28(18)21(25)16-7-6-15(23)11-17(16)24/h5-8,10-12,19,25-26H,3-4,9H2,1-2H3. The second-order valence-corrected chi connectivity index (χ2v) is 10.5. The van der Waals surface area contributed by atoms with Crippen molar-refractivity contribution in [2.75, 3.05) is 11.4 Å². The number of amidine groups is 1. The number of hydrazone groups is 1. The van der Waals surface area contributed by atoms with E-state index in [1.165, 1.54) is 5.56 Å². The predicted octanol–water partition coefficient (Wildman–Crippen LogP) is 5.12. The number of fused-ring (bicyclic) bond motifs is 1. The average Bonchev–Trinajstić information content (AvgIpc) is 2.71. The number of aryl methyl sites for hydroxylation is 1. The van der Waals surface area contributed by atoms with Gasteiger partial charge in [0.15, 0.2) is 6.29 Å². The highest BCUT2D eigenvalue weighted by Gasteiger charge is 2.35.